The molecule has 0 spiro atoms. The number of nitrogens with zero attached hydrogens (tertiary/aromatic N) is 2. The molecule has 1 heterocycles. The number of rotatable bonds is 11. The molecule has 8 nitrogen and oxygen atoms in total. The van der Waals surface area contributed by atoms with Crippen LogP contribution in [-0.4, -0.2) is 71.6 Å². The van der Waals surface area contributed by atoms with Gasteiger partial charge < -0.3 is 29.5 Å². The number of phenols is 1. The third-order valence-electron chi connectivity index (χ3n) is 6.63. The summed E-state index contributed by atoms with van der Waals surface area (Å²) in [6, 6.07) is 9.07. The van der Waals surface area contributed by atoms with Crippen molar-refractivity contribution in [2.24, 2.45) is 5.92 Å². The number of ether oxygens (including phenoxy) is 2. The Balaban J connectivity index is 2.10. The highest BCUT2D eigenvalue weighted by Crippen LogP contribution is 2.42. The number of likely N-dealkylation sites (tertiary alicyclic amines) is 1. The number of benzene rings is 2. The fourth-order valence-electron chi connectivity index (χ4n) is 4.48. The van der Waals surface area contributed by atoms with Gasteiger partial charge in [-0.15, -0.1) is 0 Å². The van der Waals surface area contributed by atoms with E-state index in [9.17, 15) is 19.8 Å². The van der Waals surface area contributed by atoms with Crippen LogP contribution in [0.4, 0.5) is 0 Å². The second-order valence-corrected chi connectivity index (χ2v) is 9.64. The number of hydrogen-bond donors (Lipinski definition) is 2. The van der Waals surface area contributed by atoms with Crippen LogP contribution in [0.5, 0.6) is 17.2 Å². The van der Waals surface area contributed by atoms with Gasteiger partial charge in [0.1, 0.15) is 11.5 Å². The molecule has 0 bridgehead atoms. The van der Waals surface area contributed by atoms with Crippen molar-refractivity contribution in [2.75, 3.05) is 39.9 Å². The molecule has 37 heavy (non-hydrogen) atoms. The van der Waals surface area contributed by atoms with Gasteiger partial charge in [0.05, 0.1) is 25.3 Å². The van der Waals surface area contributed by atoms with Gasteiger partial charge in [-0.1, -0.05) is 33.8 Å². The summed E-state index contributed by atoms with van der Waals surface area (Å²) in [7, 11) is 1.43. The predicted molar refractivity (Wildman–Crippen MR) is 143 cm³/mol. The van der Waals surface area contributed by atoms with Crippen LogP contribution < -0.4 is 9.47 Å². The number of amides is 1. The molecule has 1 fully saturated rings. The Morgan fingerprint density at radius 3 is 2.38 bits per heavy atom. The first-order valence-electron chi connectivity index (χ1n) is 12.7. The third-order valence-corrected chi connectivity index (χ3v) is 6.63. The van der Waals surface area contributed by atoms with Gasteiger partial charge in [0.2, 0.25) is 0 Å². The molecule has 2 aromatic rings. The predicted octanol–water partition coefficient (Wildman–Crippen LogP) is 4.51. The Bertz CT molecular complexity index is 1170. The van der Waals surface area contributed by atoms with Gasteiger partial charge in [0.25, 0.3) is 11.7 Å². The van der Waals surface area contributed by atoms with Crippen LogP contribution in [0.2, 0.25) is 0 Å². The summed E-state index contributed by atoms with van der Waals surface area (Å²) >= 11 is 0. The van der Waals surface area contributed by atoms with E-state index in [1.165, 1.54) is 18.1 Å². The van der Waals surface area contributed by atoms with Crippen molar-refractivity contribution in [1.29, 1.82) is 0 Å². The topological polar surface area (TPSA) is 99.5 Å². The monoisotopic (exact) mass is 510 g/mol. The Morgan fingerprint density at radius 1 is 1.08 bits per heavy atom. The lowest BCUT2D eigenvalue weighted by Crippen LogP contribution is -2.38. The van der Waals surface area contributed by atoms with Crippen LogP contribution in [0.15, 0.2) is 42.0 Å². The first-order valence-corrected chi connectivity index (χ1v) is 12.7. The largest absolute Gasteiger partial charge is 0.507 e. The van der Waals surface area contributed by atoms with Gasteiger partial charge in [-0.2, -0.15) is 0 Å². The van der Waals surface area contributed by atoms with Crippen molar-refractivity contribution in [3.8, 4) is 17.2 Å². The first-order chi connectivity index (χ1) is 17.6. The molecule has 8 heteroatoms. The molecule has 0 aromatic heterocycles. The Hall–Kier alpha value is -3.52. The Morgan fingerprint density at radius 2 is 1.78 bits per heavy atom. The van der Waals surface area contributed by atoms with Gasteiger partial charge in [-0.25, -0.2) is 0 Å². The van der Waals surface area contributed by atoms with Crippen LogP contribution in [0.1, 0.15) is 50.4 Å². The van der Waals surface area contributed by atoms with Gasteiger partial charge in [0.15, 0.2) is 11.5 Å². The van der Waals surface area contributed by atoms with E-state index in [1.54, 1.807) is 30.3 Å². The summed E-state index contributed by atoms with van der Waals surface area (Å²) in [5, 5.41) is 21.5. The highest BCUT2D eigenvalue weighted by Gasteiger charge is 2.46. The Kier molecular flexibility index (Phi) is 9.21. The highest BCUT2D eigenvalue weighted by molar-refractivity contribution is 6.46. The summed E-state index contributed by atoms with van der Waals surface area (Å²) in [5.41, 5.74) is 1.80. The number of likely N-dealkylation sites (N-methyl/N-ethyl adjacent to an activating group) is 1. The van der Waals surface area contributed by atoms with Crippen molar-refractivity contribution < 1.29 is 29.3 Å². The molecule has 0 saturated carbocycles. The molecule has 0 radical (unpaired) electrons. The second-order valence-electron chi connectivity index (χ2n) is 9.64. The molecule has 1 saturated heterocycles. The van der Waals surface area contributed by atoms with E-state index in [0.29, 0.717) is 42.5 Å². The highest BCUT2D eigenvalue weighted by atomic mass is 16.5. The molecule has 0 unspecified atom stereocenters. The van der Waals surface area contributed by atoms with Gasteiger partial charge in [0, 0.05) is 18.7 Å². The van der Waals surface area contributed by atoms with E-state index in [1.807, 2.05) is 20.8 Å². The fourth-order valence-corrected chi connectivity index (χ4v) is 4.48. The maximum absolute atomic E-state index is 13.3. The summed E-state index contributed by atoms with van der Waals surface area (Å²) in [5.74, 6) is -0.439. The zero-order valence-corrected chi connectivity index (χ0v) is 22.6. The number of aliphatic hydroxyl groups is 1. The van der Waals surface area contributed by atoms with Crippen LogP contribution >= 0.6 is 0 Å². The minimum Gasteiger partial charge on any atom is -0.507 e. The normalized spacial score (nSPS) is 17.2. The van der Waals surface area contributed by atoms with Crippen molar-refractivity contribution in [1.82, 2.24) is 9.80 Å². The second kappa shape index (κ2) is 12.1. The average Bonchev–Trinajstić information content (AvgIpc) is 3.13. The minimum atomic E-state index is -0.831. The average molecular weight is 511 g/mol. The van der Waals surface area contributed by atoms with Gasteiger partial charge >= 0.3 is 0 Å². The quantitative estimate of drug-likeness (QED) is 0.261. The smallest absolute Gasteiger partial charge is 0.295 e. The maximum atomic E-state index is 13.3. The van der Waals surface area contributed by atoms with Crippen molar-refractivity contribution in [2.45, 2.75) is 40.7 Å². The summed E-state index contributed by atoms with van der Waals surface area (Å²) in [4.78, 5) is 30.2. The number of phenolic OH excluding ortho intramolecular Hbond substituents is 1. The van der Waals surface area contributed by atoms with Crippen molar-refractivity contribution >= 4 is 17.4 Å². The third kappa shape index (κ3) is 6.07. The van der Waals surface area contributed by atoms with Crippen LogP contribution in [-0.2, 0) is 9.59 Å². The van der Waals surface area contributed by atoms with Crippen LogP contribution in [0, 0.1) is 12.8 Å². The summed E-state index contributed by atoms with van der Waals surface area (Å²) in [6.07, 6.45) is 0. The molecule has 0 aliphatic carbocycles. The number of Topliss-reactive ketones (excluding diaryl/α,β-unsaturated/α-hetero) is 1. The lowest BCUT2D eigenvalue weighted by molar-refractivity contribution is -0.140. The molecule has 1 atom stereocenters. The molecule has 2 N–H and O–H groups in total. The van der Waals surface area contributed by atoms with E-state index in [0.717, 1.165) is 18.7 Å². The van der Waals surface area contributed by atoms with Crippen molar-refractivity contribution in [3.63, 3.8) is 0 Å². The zero-order chi connectivity index (χ0) is 27.3. The van der Waals surface area contributed by atoms with E-state index >= 15 is 0 Å². The van der Waals surface area contributed by atoms with E-state index in [2.05, 4.69) is 18.7 Å². The maximum Gasteiger partial charge on any atom is 0.295 e. The standard InChI is InChI=1S/C29H38N2O6/c1-7-30(8-2)13-14-31-26(20-9-11-22(32)24(16-20)36-6)25(28(34)29(31)35)27(33)21-10-12-23(19(5)15-21)37-17-18(3)4/h9-12,15-16,18,26,32-33H,7-8,13-14,17H2,1-6H3/b27-25+/t26-/m0/s1. The molecule has 1 aliphatic heterocycles. The number of methoxy groups -OCH3 is 1. The number of carbonyl (C=O) groups is 2. The van der Waals surface area contributed by atoms with Crippen LogP contribution in [0.3, 0.4) is 0 Å². The summed E-state index contributed by atoms with van der Waals surface area (Å²) in [6.45, 7) is 13.1. The Labute approximate surface area is 219 Å². The van der Waals surface area contributed by atoms with E-state index in [-0.39, 0.29) is 22.8 Å². The van der Waals surface area contributed by atoms with Crippen molar-refractivity contribution in [3.05, 3.63) is 58.7 Å². The molecule has 200 valence electrons. The number of ketones is 1. The number of aliphatic hydroxyl groups excluding tert-OH is 1. The molecular weight excluding hydrogens is 472 g/mol. The molecule has 1 aliphatic rings. The molecule has 2 aromatic carbocycles. The first kappa shape index (κ1) is 28.1. The number of aromatic hydroxyl groups is 1. The lowest BCUT2D eigenvalue weighted by atomic mass is 9.94. The molecular formula is C29H38N2O6. The number of aryl methyl sites for hydroxylation is 1. The molecule has 1 amide bonds. The minimum absolute atomic E-state index is 0.00698. The van der Waals surface area contributed by atoms with Gasteiger partial charge in [-0.3, -0.25) is 9.59 Å². The van der Waals surface area contributed by atoms with Crippen LogP contribution in [0.25, 0.3) is 5.76 Å². The number of hydrogen-bond acceptors (Lipinski definition) is 7. The van der Waals surface area contributed by atoms with Gasteiger partial charge in [-0.05, 0) is 67.4 Å². The molecule has 3 rings (SSSR count). The summed E-state index contributed by atoms with van der Waals surface area (Å²) < 4.78 is 11.1. The SMILES string of the molecule is CCN(CC)CCN1C(=O)C(=O)/C(=C(/O)c2ccc(OCC(C)C)c(C)c2)[C@@H]1c1ccc(O)c(OC)c1. The van der Waals surface area contributed by atoms with E-state index < -0.39 is 17.7 Å². The lowest BCUT2D eigenvalue weighted by Gasteiger charge is -2.28. The fraction of sp³-hybridized carbons (Fsp3) is 0.448. The zero-order valence-electron chi connectivity index (χ0n) is 22.6. The number of carbonyl (C=O) groups excluding carboxylic acids is 2. The van der Waals surface area contributed by atoms with E-state index in [4.69, 9.17) is 9.47 Å².